The summed E-state index contributed by atoms with van der Waals surface area (Å²) in [6.07, 6.45) is 3.57. The number of rotatable bonds is 5. The molecule has 0 unspecified atom stereocenters. The highest BCUT2D eigenvalue weighted by atomic mass is 16.6. The molecule has 1 aliphatic heterocycles. The van der Waals surface area contributed by atoms with Crippen LogP contribution in [0.25, 0.3) is 0 Å². The summed E-state index contributed by atoms with van der Waals surface area (Å²) in [5.41, 5.74) is 3.51. The van der Waals surface area contributed by atoms with Crippen molar-refractivity contribution in [1.82, 2.24) is 0 Å². The standard InChI is InChI=1S/C19H28O4/c1-7-8-11-22-16-12(2)13(3)17-15(14(16)4)9-10-19(5,23-17)18(20)21-6/h7-11H2,1-6H3/t19-/m0/s1. The molecule has 128 valence electrons. The zero-order chi connectivity index (χ0) is 17.2. The van der Waals surface area contributed by atoms with Crippen LogP contribution in [0.15, 0.2) is 0 Å². The zero-order valence-electron chi connectivity index (χ0n) is 15.2. The van der Waals surface area contributed by atoms with E-state index in [4.69, 9.17) is 14.2 Å². The first-order chi connectivity index (χ1) is 10.9. The van der Waals surface area contributed by atoms with Gasteiger partial charge in [0.25, 0.3) is 0 Å². The van der Waals surface area contributed by atoms with Gasteiger partial charge in [0.05, 0.1) is 13.7 Å². The van der Waals surface area contributed by atoms with Gasteiger partial charge in [-0.2, -0.15) is 0 Å². The van der Waals surface area contributed by atoms with Gasteiger partial charge in [-0.05, 0) is 57.2 Å². The molecule has 1 heterocycles. The Bertz CT molecular complexity index is 606. The molecule has 1 aromatic carbocycles. The van der Waals surface area contributed by atoms with Crippen molar-refractivity contribution in [2.45, 2.75) is 65.9 Å². The first-order valence-corrected chi connectivity index (χ1v) is 8.38. The first kappa shape index (κ1) is 17.6. The van der Waals surface area contributed by atoms with Crippen LogP contribution < -0.4 is 9.47 Å². The average Bonchev–Trinajstić information content (AvgIpc) is 2.55. The lowest BCUT2D eigenvalue weighted by molar-refractivity contribution is -0.159. The van der Waals surface area contributed by atoms with E-state index in [2.05, 4.69) is 20.8 Å². The van der Waals surface area contributed by atoms with Gasteiger partial charge in [0.1, 0.15) is 11.5 Å². The molecule has 0 spiro atoms. The molecule has 0 amide bonds. The number of hydrogen-bond donors (Lipinski definition) is 0. The molecule has 0 saturated carbocycles. The number of esters is 1. The van der Waals surface area contributed by atoms with Crippen LogP contribution in [0.4, 0.5) is 0 Å². The normalized spacial score (nSPS) is 19.7. The van der Waals surface area contributed by atoms with E-state index in [0.717, 1.165) is 59.6 Å². The summed E-state index contributed by atoms with van der Waals surface area (Å²) in [4.78, 5) is 12.0. The summed E-state index contributed by atoms with van der Waals surface area (Å²) in [5.74, 6) is 1.48. The predicted molar refractivity (Wildman–Crippen MR) is 90.4 cm³/mol. The summed E-state index contributed by atoms with van der Waals surface area (Å²) in [5, 5.41) is 0. The third-order valence-corrected chi connectivity index (χ3v) is 4.85. The Hall–Kier alpha value is -1.71. The highest BCUT2D eigenvalue weighted by Gasteiger charge is 2.41. The van der Waals surface area contributed by atoms with E-state index in [0.29, 0.717) is 6.42 Å². The molecular formula is C19H28O4. The highest BCUT2D eigenvalue weighted by Crippen LogP contribution is 2.44. The maximum Gasteiger partial charge on any atom is 0.349 e. The van der Waals surface area contributed by atoms with Crippen molar-refractivity contribution in [3.63, 3.8) is 0 Å². The van der Waals surface area contributed by atoms with Crippen molar-refractivity contribution in [1.29, 1.82) is 0 Å². The summed E-state index contributed by atoms with van der Waals surface area (Å²) in [6, 6.07) is 0. The maximum atomic E-state index is 12.0. The highest BCUT2D eigenvalue weighted by molar-refractivity contribution is 5.80. The SMILES string of the molecule is CCCCOc1c(C)c(C)c2c(c1C)CC[C@@](C)(C(=O)OC)O2. The van der Waals surface area contributed by atoms with E-state index < -0.39 is 5.60 Å². The summed E-state index contributed by atoms with van der Waals surface area (Å²) in [6.45, 7) is 10.9. The molecule has 2 rings (SSSR count). The minimum atomic E-state index is -0.907. The Morgan fingerprint density at radius 3 is 2.52 bits per heavy atom. The zero-order valence-corrected chi connectivity index (χ0v) is 15.2. The van der Waals surface area contributed by atoms with Crippen molar-refractivity contribution >= 4 is 5.97 Å². The Kier molecular flexibility index (Phi) is 5.23. The van der Waals surface area contributed by atoms with Gasteiger partial charge in [0.15, 0.2) is 0 Å². The lowest BCUT2D eigenvalue weighted by Gasteiger charge is -2.36. The van der Waals surface area contributed by atoms with Crippen molar-refractivity contribution < 1.29 is 19.0 Å². The molecule has 4 heteroatoms. The molecule has 0 saturated heterocycles. The lowest BCUT2D eigenvalue weighted by Crippen LogP contribution is -2.45. The second-order valence-electron chi connectivity index (χ2n) is 6.54. The number of hydrogen-bond acceptors (Lipinski definition) is 4. The fourth-order valence-corrected chi connectivity index (χ4v) is 3.13. The van der Waals surface area contributed by atoms with Crippen LogP contribution in [0.3, 0.4) is 0 Å². The maximum absolute atomic E-state index is 12.0. The largest absolute Gasteiger partial charge is 0.493 e. The van der Waals surface area contributed by atoms with E-state index in [1.54, 1.807) is 6.92 Å². The van der Waals surface area contributed by atoms with Gasteiger partial charge in [-0.1, -0.05) is 13.3 Å². The Morgan fingerprint density at radius 1 is 1.22 bits per heavy atom. The van der Waals surface area contributed by atoms with E-state index in [1.165, 1.54) is 7.11 Å². The third-order valence-electron chi connectivity index (χ3n) is 4.85. The van der Waals surface area contributed by atoms with Crippen molar-refractivity contribution in [3.05, 3.63) is 22.3 Å². The fourth-order valence-electron chi connectivity index (χ4n) is 3.13. The van der Waals surface area contributed by atoms with Crippen LogP contribution in [0.2, 0.25) is 0 Å². The van der Waals surface area contributed by atoms with E-state index in [9.17, 15) is 4.79 Å². The number of benzene rings is 1. The van der Waals surface area contributed by atoms with Crippen LogP contribution in [0.1, 0.15) is 55.4 Å². The van der Waals surface area contributed by atoms with Gasteiger partial charge in [0, 0.05) is 12.0 Å². The molecule has 0 fully saturated rings. The van der Waals surface area contributed by atoms with Crippen molar-refractivity contribution in [2.24, 2.45) is 0 Å². The molecule has 1 aromatic rings. The van der Waals surface area contributed by atoms with Gasteiger partial charge in [-0.3, -0.25) is 0 Å². The van der Waals surface area contributed by atoms with Gasteiger partial charge in [0.2, 0.25) is 5.60 Å². The molecule has 1 aliphatic rings. The number of carbonyl (C=O) groups is 1. The van der Waals surface area contributed by atoms with Crippen LogP contribution in [-0.2, 0) is 16.0 Å². The molecular weight excluding hydrogens is 292 g/mol. The number of unbranched alkanes of at least 4 members (excludes halogenated alkanes) is 1. The minimum Gasteiger partial charge on any atom is -0.493 e. The van der Waals surface area contributed by atoms with Crippen molar-refractivity contribution in [2.75, 3.05) is 13.7 Å². The second-order valence-corrected chi connectivity index (χ2v) is 6.54. The number of carbonyl (C=O) groups excluding carboxylic acids is 1. The quantitative estimate of drug-likeness (QED) is 0.606. The smallest absolute Gasteiger partial charge is 0.349 e. The van der Waals surface area contributed by atoms with Gasteiger partial charge in [-0.15, -0.1) is 0 Å². The molecule has 0 radical (unpaired) electrons. The molecule has 0 N–H and O–H groups in total. The Morgan fingerprint density at radius 2 is 1.91 bits per heavy atom. The topological polar surface area (TPSA) is 44.8 Å². The number of methoxy groups -OCH3 is 1. The first-order valence-electron chi connectivity index (χ1n) is 8.38. The number of ether oxygens (including phenoxy) is 3. The second kappa shape index (κ2) is 6.81. The Labute approximate surface area is 139 Å². The van der Waals surface area contributed by atoms with Crippen LogP contribution in [-0.4, -0.2) is 25.3 Å². The minimum absolute atomic E-state index is 0.318. The van der Waals surface area contributed by atoms with E-state index in [1.807, 2.05) is 6.92 Å². The van der Waals surface area contributed by atoms with E-state index in [-0.39, 0.29) is 5.97 Å². The molecule has 0 bridgehead atoms. The monoisotopic (exact) mass is 320 g/mol. The summed E-state index contributed by atoms with van der Waals surface area (Å²) < 4.78 is 17.1. The molecule has 23 heavy (non-hydrogen) atoms. The van der Waals surface area contributed by atoms with E-state index >= 15 is 0 Å². The van der Waals surface area contributed by atoms with Crippen LogP contribution in [0.5, 0.6) is 11.5 Å². The summed E-state index contributed by atoms with van der Waals surface area (Å²) >= 11 is 0. The van der Waals surface area contributed by atoms with Crippen molar-refractivity contribution in [3.8, 4) is 11.5 Å². The fraction of sp³-hybridized carbons (Fsp3) is 0.632. The molecule has 4 nitrogen and oxygen atoms in total. The number of fused-ring (bicyclic) bond motifs is 1. The van der Waals surface area contributed by atoms with Crippen LogP contribution in [0, 0.1) is 20.8 Å². The van der Waals surface area contributed by atoms with Gasteiger partial charge >= 0.3 is 5.97 Å². The summed E-state index contributed by atoms with van der Waals surface area (Å²) in [7, 11) is 1.40. The average molecular weight is 320 g/mol. The Balaban J connectivity index is 2.41. The van der Waals surface area contributed by atoms with Crippen LogP contribution >= 0.6 is 0 Å². The lowest BCUT2D eigenvalue weighted by atomic mass is 9.87. The molecule has 0 aliphatic carbocycles. The van der Waals surface area contributed by atoms with Gasteiger partial charge in [-0.25, -0.2) is 4.79 Å². The molecule has 1 atom stereocenters. The third kappa shape index (κ3) is 3.17. The predicted octanol–water partition coefficient (Wildman–Crippen LogP) is 4.05. The molecule has 0 aromatic heterocycles. The van der Waals surface area contributed by atoms with Gasteiger partial charge < -0.3 is 14.2 Å².